The van der Waals surface area contributed by atoms with Crippen LogP contribution in [0.4, 0.5) is 10.6 Å². The van der Waals surface area contributed by atoms with Gasteiger partial charge >= 0.3 is 6.03 Å². The van der Waals surface area contributed by atoms with Crippen molar-refractivity contribution in [1.82, 2.24) is 15.2 Å². The number of pyridine rings is 1. The molecule has 0 spiro atoms. The number of anilines is 1. The third kappa shape index (κ3) is 5.19. The van der Waals surface area contributed by atoms with Gasteiger partial charge < -0.3 is 5.32 Å². The highest BCUT2D eigenvalue weighted by Gasteiger charge is 2.20. The topological polar surface area (TPSA) is 57.3 Å². The van der Waals surface area contributed by atoms with Gasteiger partial charge in [0.05, 0.1) is 0 Å². The van der Waals surface area contributed by atoms with Crippen molar-refractivity contribution in [1.29, 1.82) is 0 Å². The lowest BCUT2D eigenvalue weighted by Gasteiger charge is -2.32. The maximum Gasteiger partial charge on any atom is 0.320 e. The highest BCUT2D eigenvalue weighted by Crippen LogP contribution is 2.12. The number of carbonyl (C=O) groups is 1. The standard InChI is InChI=1S/C16H24N4O/c1-12(2)11-20-9-7-14(8-10-20)18-16(21)19-15-6-4-5-13(3)17-15/h4-6,14H,1,7-11H2,2-3H3,(H2,17,18,19,21). The summed E-state index contributed by atoms with van der Waals surface area (Å²) < 4.78 is 0. The van der Waals surface area contributed by atoms with Gasteiger partial charge in [-0.15, -0.1) is 0 Å². The van der Waals surface area contributed by atoms with Crippen LogP contribution in [0.2, 0.25) is 0 Å². The molecule has 2 rings (SSSR count). The Labute approximate surface area is 126 Å². The van der Waals surface area contributed by atoms with E-state index < -0.39 is 0 Å². The molecule has 1 fully saturated rings. The number of hydrogen-bond donors (Lipinski definition) is 2. The molecule has 0 aliphatic carbocycles. The predicted octanol–water partition coefficient (Wildman–Crippen LogP) is 2.55. The third-order valence-corrected chi connectivity index (χ3v) is 3.55. The van der Waals surface area contributed by atoms with Crippen LogP contribution in [-0.4, -0.2) is 41.6 Å². The molecule has 1 aliphatic heterocycles. The summed E-state index contributed by atoms with van der Waals surface area (Å²) in [6.07, 6.45) is 1.95. The lowest BCUT2D eigenvalue weighted by atomic mass is 10.0. The lowest BCUT2D eigenvalue weighted by molar-refractivity contribution is 0.207. The highest BCUT2D eigenvalue weighted by molar-refractivity contribution is 5.88. The summed E-state index contributed by atoms with van der Waals surface area (Å²) in [6, 6.07) is 5.64. The maximum absolute atomic E-state index is 12.0. The number of piperidine rings is 1. The minimum absolute atomic E-state index is 0.175. The Morgan fingerprint density at radius 1 is 1.43 bits per heavy atom. The van der Waals surface area contributed by atoms with Crippen LogP contribution in [-0.2, 0) is 0 Å². The predicted molar refractivity (Wildman–Crippen MR) is 85.4 cm³/mol. The second-order valence-electron chi connectivity index (χ2n) is 5.77. The van der Waals surface area contributed by atoms with Crippen LogP contribution in [0.3, 0.4) is 0 Å². The SMILES string of the molecule is C=C(C)CN1CCC(NC(=O)Nc2cccc(C)n2)CC1. The molecular weight excluding hydrogens is 264 g/mol. The lowest BCUT2D eigenvalue weighted by Crippen LogP contribution is -2.46. The molecule has 5 nitrogen and oxygen atoms in total. The minimum Gasteiger partial charge on any atom is -0.335 e. The molecular formula is C16H24N4O. The van der Waals surface area contributed by atoms with Crippen molar-refractivity contribution >= 4 is 11.8 Å². The summed E-state index contributed by atoms with van der Waals surface area (Å²) in [5.74, 6) is 0.590. The zero-order valence-electron chi connectivity index (χ0n) is 12.9. The number of nitrogens with one attached hydrogen (secondary N) is 2. The van der Waals surface area contributed by atoms with Crippen LogP contribution in [0.1, 0.15) is 25.5 Å². The van der Waals surface area contributed by atoms with Crippen LogP contribution in [0.15, 0.2) is 30.4 Å². The molecule has 0 saturated carbocycles. The van der Waals surface area contributed by atoms with E-state index in [9.17, 15) is 4.79 Å². The first-order valence-electron chi connectivity index (χ1n) is 7.41. The van der Waals surface area contributed by atoms with Gasteiger partial charge in [-0.25, -0.2) is 9.78 Å². The first-order valence-corrected chi connectivity index (χ1v) is 7.41. The van der Waals surface area contributed by atoms with Crippen molar-refractivity contribution in [2.75, 3.05) is 25.0 Å². The molecule has 2 amide bonds. The molecule has 1 saturated heterocycles. The Kier molecular flexibility index (Phi) is 5.33. The number of nitrogens with zero attached hydrogens (tertiary/aromatic N) is 2. The fraction of sp³-hybridized carbons (Fsp3) is 0.500. The van der Waals surface area contributed by atoms with Gasteiger partial charge in [-0.1, -0.05) is 18.2 Å². The number of amides is 2. The average Bonchev–Trinajstić information content (AvgIpc) is 2.40. The van der Waals surface area contributed by atoms with Crippen molar-refractivity contribution < 1.29 is 4.79 Å². The van der Waals surface area contributed by atoms with Crippen LogP contribution >= 0.6 is 0 Å². The third-order valence-electron chi connectivity index (χ3n) is 3.55. The molecule has 114 valence electrons. The van der Waals surface area contributed by atoms with E-state index in [4.69, 9.17) is 0 Å². The van der Waals surface area contributed by atoms with Gasteiger partial charge in [0.2, 0.25) is 0 Å². The molecule has 2 N–H and O–H groups in total. The molecule has 0 unspecified atom stereocenters. The molecule has 1 aliphatic rings. The smallest absolute Gasteiger partial charge is 0.320 e. The number of aromatic nitrogens is 1. The number of likely N-dealkylation sites (tertiary alicyclic amines) is 1. The van der Waals surface area contributed by atoms with E-state index in [1.807, 2.05) is 26.0 Å². The molecule has 2 heterocycles. The van der Waals surface area contributed by atoms with Crippen LogP contribution in [0.5, 0.6) is 0 Å². The Morgan fingerprint density at radius 3 is 2.76 bits per heavy atom. The first-order chi connectivity index (χ1) is 10.0. The Bertz CT molecular complexity index is 507. The number of urea groups is 1. The number of aryl methyl sites for hydroxylation is 1. The van der Waals surface area contributed by atoms with Crippen LogP contribution in [0.25, 0.3) is 0 Å². The van der Waals surface area contributed by atoms with E-state index >= 15 is 0 Å². The number of carbonyl (C=O) groups excluding carboxylic acids is 1. The second kappa shape index (κ2) is 7.22. The summed E-state index contributed by atoms with van der Waals surface area (Å²) >= 11 is 0. The monoisotopic (exact) mass is 288 g/mol. The second-order valence-corrected chi connectivity index (χ2v) is 5.77. The number of rotatable bonds is 4. The van der Waals surface area contributed by atoms with E-state index in [-0.39, 0.29) is 12.1 Å². The van der Waals surface area contributed by atoms with Crippen molar-refractivity contribution in [3.05, 3.63) is 36.0 Å². The van der Waals surface area contributed by atoms with Gasteiger partial charge in [0.1, 0.15) is 5.82 Å². The molecule has 1 aromatic rings. The molecule has 0 atom stereocenters. The summed E-state index contributed by atoms with van der Waals surface area (Å²) in [4.78, 5) is 18.6. The molecule has 0 radical (unpaired) electrons. The van der Waals surface area contributed by atoms with Gasteiger partial charge in [0, 0.05) is 31.4 Å². The van der Waals surface area contributed by atoms with Crippen LogP contribution < -0.4 is 10.6 Å². The summed E-state index contributed by atoms with van der Waals surface area (Å²) in [5, 5.41) is 5.81. The van der Waals surface area contributed by atoms with Gasteiger partial charge in [0.25, 0.3) is 0 Å². The summed E-state index contributed by atoms with van der Waals surface area (Å²) in [5.41, 5.74) is 2.07. The normalized spacial score (nSPS) is 16.5. The number of hydrogen-bond acceptors (Lipinski definition) is 3. The quantitative estimate of drug-likeness (QED) is 0.837. The van der Waals surface area contributed by atoms with Gasteiger partial charge in [-0.3, -0.25) is 10.2 Å². The first kappa shape index (κ1) is 15.5. The van der Waals surface area contributed by atoms with Gasteiger partial charge in [-0.2, -0.15) is 0 Å². The molecule has 1 aromatic heterocycles. The van der Waals surface area contributed by atoms with E-state index in [0.717, 1.165) is 38.2 Å². The molecule has 21 heavy (non-hydrogen) atoms. The van der Waals surface area contributed by atoms with Crippen molar-refractivity contribution in [2.24, 2.45) is 0 Å². The van der Waals surface area contributed by atoms with Gasteiger partial charge in [0.15, 0.2) is 0 Å². The van der Waals surface area contributed by atoms with Crippen LogP contribution in [0, 0.1) is 6.92 Å². The molecule has 0 aromatic carbocycles. The molecule has 5 heteroatoms. The minimum atomic E-state index is -0.175. The van der Waals surface area contributed by atoms with Crippen molar-refractivity contribution in [2.45, 2.75) is 32.7 Å². The van der Waals surface area contributed by atoms with E-state index in [2.05, 4.69) is 27.1 Å². The fourth-order valence-electron chi connectivity index (χ4n) is 2.57. The Hall–Kier alpha value is -1.88. The highest BCUT2D eigenvalue weighted by atomic mass is 16.2. The largest absolute Gasteiger partial charge is 0.335 e. The van der Waals surface area contributed by atoms with Crippen molar-refractivity contribution in [3.8, 4) is 0 Å². The maximum atomic E-state index is 12.0. The molecule has 0 bridgehead atoms. The van der Waals surface area contributed by atoms with Gasteiger partial charge in [-0.05, 0) is 38.8 Å². The fourth-order valence-corrected chi connectivity index (χ4v) is 2.57. The summed E-state index contributed by atoms with van der Waals surface area (Å²) in [7, 11) is 0. The van der Waals surface area contributed by atoms with E-state index in [1.54, 1.807) is 6.07 Å². The van der Waals surface area contributed by atoms with E-state index in [1.165, 1.54) is 5.57 Å². The zero-order chi connectivity index (χ0) is 15.2. The average molecular weight is 288 g/mol. The van der Waals surface area contributed by atoms with E-state index in [0.29, 0.717) is 5.82 Å². The Morgan fingerprint density at radius 2 is 2.14 bits per heavy atom. The van der Waals surface area contributed by atoms with Crippen molar-refractivity contribution in [3.63, 3.8) is 0 Å². The summed E-state index contributed by atoms with van der Waals surface area (Å²) in [6.45, 7) is 10.8. The Balaban J connectivity index is 1.75. The zero-order valence-corrected chi connectivity index (χ0v) is 12.9.